The molecule has 22 heavy (non-hydrogen) atoms. The van der Waals surface area contributed by atoms with Gasteiger partial charge < -0.3 is 19.5 Å². The summed E-state index contributed by atoms with van der Waals surface area (Å²) in [5.74, 6) is 0.833. The highest BCUT2D eigenvalue weighted by Crippen LogP contribution is 2.18. The Hall–Kier alpha value is -1.36. The molecule has 0 bridgehead atoms. The summed E-state index contributed by atoms with van der Waals surface area (Å²) in [4.78, 5) is 1.38. The molecular weight excluding hydrogens is 278 g/mol. The highest BCUT2D eigenvalue weighted by Gasteiger charge is 2.27. The van der Waals surface area contributed by atoms with E-state index in [0.29, 0.717) is 13.2 Å². The standard InChI is InChI=1S/C18H27NO3/c1-4-7-16-8-5-6-9-18(16)21-13-17(20)12-19-10-14(2)22-15(3)11-19/h4-6,8-9,14-15,17,20H,1,7,10-13H2,2-3H3/p+1/t14-,15-,17-/m0/s1. The van der Waals surface area contributed by atoms with Crippen LogP contribution in [0.15, 0.2) is 36.9 Å². The third-order valence-corrected chi connectivity index (χ3v) is 3.91. The zero-order chi connectivity index (χ0) is 15.9. The number of hydrogen-bond donors (Lipinski definition) is 2. The molecule has 0 amide bonds. The lowest BCUT2D eigenvalue weighted by atomic mass is 10.1. The number of rotatable bonds is 7. The van der Waals surface area contributed by atoms with Crippen molar-refractivity contribution >= 4 is 0 Å². The van der Waals surface area contributed by atoms with E-state index in [9.17, 15) is 5.11 Å². The zero-order valence-corrected chi connectivity index (χ0v) is 13.6. The molecule has 1 aromatic rings. The predicted molar refractivity (Wildman–Crippen MR) is 87.4 cm³/mol. The summed E-state index contributed by atoms with van der Waals surface area (Å²) in [7, 11) is 0. The fourth-order valence-electron chi connectivity index (χ4n) is 3.10. The highest BCUT2D eigenvalue weighted by atomic mass is 16.5. The van der Waals surface area contributed by atoms with Crippen molar-refractivity contribution in [3.63, 3.8) is 0 Å². The zero-order valence-electron chi connectivity index (χ0n) is 13.6. The smallest absolute Gasteiger partial charge is 0.137 e. The Balaban J connectivity index is 1.82. The molecule has 3 atom stereocenters. The van der Waals surface area contributed by atoms with Crippen LogP contribution in [0.1, 0.15) is 19.4 Å². The molecule has 2 N–H and O–H groups in total. The van der Waals surface area contributed by atoms with E-state index in [1.807, 2.05) is 30.3 Å². The van der Waals surface area contributed by atoms with E-state index in [0.717, 1.165) is 30.8 Å². The fourth-order valence-corrected chi connectivity index (χ4v) is 3.10. The molecule has 4 heteroatoms. The minimum absolute atomic E-state index is 0.250. The van der Waals surface area contributed by atoms with Gasteiger partial charge in [0.1, 0.15) is 50.3 Å². The maximum Gasteiger partial charge on any atom is 0.137 e. The van der Waals surface area contributed by atoms with Crippen molar-refractivity contribution in [3.05, 3.63) is 42.5 Å². The average Bonchev–Trinajstić information content (AvgIpc) is 2.45. The molecule has 0 aromatic heterocycles. The molecular formula is C18H28NO3+. The number of benzene rings is 1. The van der Waals surface area contributed by atoms with Crippen LogP contribution in [0.2, 0.25) is 0 Å². The maximum absolute atomic E-state index is 10.2. The second-order valence-electron chi connectivity index (χ2n) is 6.19. The lowest BCUT2D eigenvalue weighted by molar-refractivity contribution is -0.918. The molecule has 0 saturated carbocycles. The van der Waals surface area contributed by atoms with E-state index < -0.39 is 6.10 Å². The van der Waals surface area contributed by atoms with Gasteiger partial charge in [-0.2, -0.15) is 0 Å². The molecule has 122 valence electrons. The number of quaternary nitrogens is 1. The molecule has 2 rings (SSSR count). The quantitative estimate of drug-likeness (QED) is 0.734. The summed E-state index contributed by atoms with van der Waals surface area (Å²) in [6.45, 7) is 10.8. The van der Waals surface area contributed by atoms with Gasteiger partial charge in [0, 0.05) is 0 Å². The second kappa shape index (κ2) is 8.32. The van der Waals surface area contributed by atoms with E-state index in [-0.39, 0.29) is 12.2 Å². The van der Waals surface area contributed by atoms with Crippen LogP contribution in [0.25, 0.3) is 0 Å². The monoisotopic (exact) mass is 306 g/mol. The van der Waals surface area contributed by atoms with Crippen LogP contribution in [-0.2, 0) is 11.2 Å². The third kappa shape index (κ3) is 5.13. The van der Waals surface area contributed by atoms with Gasteiger partial charge in [0.15, 0.2) is 0 Å². The van der Waals surface area contributed by atoms with E-state index >= 15 is 0 Å². The van der Waals surface area contributed by atoms with E-state index in [1.54, 1.807) is 0 Å². The van der Waals surface area contributed by atoms with Crippen molar-refractivity contribution in [2.75, 3.05) is 26.2 Å². The lowest BCUT2D eigenvalue weighted by Gasteiger charge is -2.33. The molecule has 4 nitrogen and oxygen atoms in total. The summed E-state index contributed by atoms with van der Waals surface area (Å²) in [6.07, 6.45) is 2.67. The van der Waals surface area contributed by atoms with Gasteiger partial charge in [-0.1, -0.05) is 24.3 Å². The fraction of sp³-hybridized carbons (Fsp3) is 0.556. The van der Waals surface area contributed by atoms with Gasteiger partial charge in [-0.25, -0.2) is 0 Å². The van der Waals surface area contributed by atoms with Crippen LogP contribution in [0.3, 0.4) is 0 Å². The molecule has 1 aromatic carbocycles. The lowest BCUT2D eigenvalue weighted by Crippen LogP contribution is -3.16. The first-order valence-corrected chi connectivity index (χ1v) is 8.07. The topological polar surface area (TPSA) is 43.1 Å². The molecule has 1 aliphatic heterocycles. The summed E-state index contributed by atoms with van der Waals surface area (Å²) < 4.78 is 11.5. The van der Waals surface area contributed by atoms with Crippen LogP contribution in [0.5, 0.6) is 5.75 Å². The molecule has 0 radical (unpaired) electrons. The summed E-state index contributed by atoms with van der Waals surface area (Å²) in [5.41, 5.74) is 1.10. The molecule has 0 aliphatic carbocycles. The number of ether oxygens (including phenoxy) is 2. The minimum atomic E-state index is -0.468. The Morgan fingerprint density at radius 3 is 2.73 bits per heavy atom. The van der Waals surface area contributed by atoms with Gasteiger partial charge in [-0.3, -0.25) is 0 Å². The van der Waals surface area contributed by atoms with E-state index in [2.05, 4.69) is 20.4 Å². The minimum Gasteiger partial charge on any atom is -0.490 e. The SMILES string of the molecule is C=CCc1ccccc1OC[C@@H](O)C[NH+]1C[C@H](C)O[C@@H](C)C1. The van der Waals surface area contributed by atoms with Crippen molar-refractivity contribution < 1.29 is 19.5 Å². The molecule has 1 saturated heterocycles. The van der Waals surface area contributed by atoms with Crippen molar-refractivity contribution in [3.8, 4) is 5.75 Å². The van der Waals surface area contributed by atoms with Gasteiger partial charge in [-0.15, -0.1) is 6.58 Å². The van der Waals surface area contributed by atoms with E-state index in [4.69, 9.17) is 9.47 Å². The largest absolute Gasteiger partial charge is 0.490 e. The molecule has 1 aliphatic rings. The van der Waals surface area contributed by atoms with Crippen LogP contribution in [0.4, 0.5) is 0 Å². The van der Waals surface area contributed by atoms with Gasteiger partial charge in [0.2, 0.25) is 0 Å². The summed E-state index contributed by atoms with van der Waals surface area (Å²) >= 11 is 0. The maximum atomic E-state index is 10.2. The molecule has 0 unspecified atom stereocenters. The van der Waals surface area contributed by atoms with Gasteiger partial charge in [0.05, 0.1) is 0 Å². The normalized spacial score (nSPS) is 26.4. The molecule has 0 spiro atoms. The van der Waals surface area contributed by atoms with Gasteiger partial charge in [0.25, 0.3) is 0 Å². The number of aliphatic hydroxyl groups is 1. The van der Waals surface area contributed by atoms with Crippen LogP contribution < -0.4 is 9.64 Å². The first-order valence-electron chi connectivity index (χ1n) is 8.07. The van der Waals surface area contributed by atoms with Crippen LogP contribution in [-0.4, -0.2) is 49.7 Å². The predicted octanol–water partition coefficient (Wildman–Crippen LogP) is 0.847. The summed E-state index contributed by atoms with van der Waals surface area (Å²) in [5, 5.41) is 10.2. The Kier molecular flexibility index (Phi) is 6.43. The Morgan fingerprint density at radius 2 is 2.05 bits per heavy atom. The van der Waals surface area contributed by atoms with Crippen molar-refractivity contribution in [2.24, 2.45) is 0 Å². The highest BCUT2D eigenvalue weighted by molar-refractivity contribution is 5.34. The third-order valence-electron chi connectivity index (χ3n) is 3.91. The average molecular weight is 306 g/mol. The number of allylic oxidation sites excluding steroid dienone is 1. The molecule has 1 heterocycles. The number of para-hydroxylation sites is 1. The Morgan fingerprint density at radius 1 is 1.36 bits per heavy atom. The Bertz CT molecular complexity index is 467. The second-order valence-corrected chi connectivity index (χ2v) is 6.19. The summed E-state index contributed by atoms with van der Waals surface area (Å²) in [6, 6.07) is 7.91. The number of nitrogens with one attached hydrogen (secondary N) is 1. The number of hydrogen-bond acceptors (Lipinski definition) is 3. The van der Waals surface area contributed by atoms with Gasteiger partial charge in [-0.05, 0) is 31.9 Å². The van der Waals surface area contributed by atoms with E-state index in [1.165, 1.54) is 4.90 Å². The number of morpholine rings is 1. The molecule has 1 fully saturated rings. The van der Waals surface area contributed by atoms with Crippen molar-refractivity contribution in [1.82, 2.24) is 0 Å². The van der Waals surface area contributed by atoms with Crippen molar-refractivity contribution in [1.29, 1.82) is 0 Å². The first-order chi connectivity index (χ1) is 10.6. The van der Waals surface area contributed by atoms with Crippen LogP contribution in [0, 0.1) is 0 Å². The van der Waals surface area contributed by atoms with Crippen molar-refractivity contribution in [2.45, 2.75) is 38.6 Å². The van der Waals surface area contributed by atoms with Gasteiger partial charge >= 0.3 is 0 Å². The number of aliphatic hydroxyl groups excluding tert-OH is 1. The Labute approximate surface area is 133 Å². The van der Waals surface area contributed by atoms with Crippen LogP contribution >= 0.6 is 0 Å². The first kappa shape index (κ1) is 17.0.